The maximum Gasteiger partial charge on any atom is 0.410 e. The van der Waals surface area contributed by atoms with Gasteiger partial charge < -0.3 is 36.8 Å². The first-order valence-electron chi connectivity index (χ1n) is 13.6. The van der Waals surface area contributed by atoms with Gasteiger partial charge in [0.2, 0.25) is 17.7 Å². The first-order chi connectivity index (χ1) is 20.3. The zero-order valence-corrected chi connectivity index (χ0v) is 24.2. The summed E-state index contributed by atoms with van der Waals surface area (Å²) in [6.45, 7) is 0.685. The van der Waals surface area contributed by atoms with Crippen LogP contribution in [0.4, 0.5) is 16.2 Å². The molecule has 0 radical (unpaired) electrons. The van der Waals surface area contributed by atoms with Gasteiger partial charge in [-0.2, -0.15) is 0 Å². The third-order valence-corrected chi connectivity index (χ3v) is 6.17. The predicted molar refractivity (Wildman–Crippen MR) is 155 cm³/mol. The summed E-state index contributed by atoms with van der Waals surface area (Å²) < 4.78 is 4.82. The molecular weight excluding hydrogens is 568 g/mol. The number of nitrogens with one attached hydrogen (secondary N) is 5. The second-order valence-corrected chi connectivity index (χ2v) is 9.58. The van der Waals surface area contributed by atoms with E-state index in [9.17, 15) is 29.3 Å². The van der Waals surface area contributed by atoms with Crippen LogP contribution in [0.15, 0.2) is 24.3 Å². The summed E-state index contributed by atoms with van der Waals surface area (Å²) in [5.74, 6) is -2.81. The number of hydrogen-bond donors (Lipinski definition) is 7. The number of hydrogen-bond acceptors (Lipinski definition) is 9. The molecular formula is C26H40N8O9. The maximum atomic E-state index is 12.9. The molecule has 0 spiro atoms. The molecule has 1 aromatic carbocycles. The number of carboxylic acids is 1. The Morgan fingerprint density at radius 3 is 2.26 bits per heavy atom. The zero-order valence-electron chi connectivity index (χ0n) is 24.2. The van der Waals surface area contributed by atoms with E-state index in [0.717, 1.165) is 39.0 Å². The number of rotatable bonds is 13. The number of nitro benzene ring substituents is 1. The summed E-state index contributed by atoms with van der Waals surface area (Å²) in [6.07, 6.45) is 4.46. The van der Waals surface area contributed by atoms with Crippen molar-refractivity contribution in [1.29, 1.82) is 5.41 Å². The number of nitro groups is 1. The molecule has 8 N–H and O–H groups in total. The molecule has 0 aromatic heterocycles. The van der Waals surface area contributed by atoms with Crippen molar-refractivity contribution in [2.24, 2.45) is 5.73 Å². The molecule has 1 aliphatic rings. The molecule has 43 heavy (non-hydrogen) atoms. The monoisotopic (exact) mass is 608 g/mol. The van der Waals surface area contributed by atoms with Crippen molar-refractivity contribution in [3.8, 4) is 0 Å². The minimum Gasteiger partial charge on any atom is -0.481 e. The van der Waals surface area contributed by atoms with Gasteiger partial charge in [0.15, 0.2) is 5.96 Å². The maximum absolute atomic E-state index is 12.9. The highest BCUT2D eigenvalue weighted by Gasteiger charge is 2.28. The predicted octanol–water partition coefficient (Wildman–Crippen LogP) is 0.890. The number of aliphatic carboxylic acids is 1. The summed E-state index contributed by atoms with van der Waals surface area (Å²) in [6, 6.07) is 4.09. The Morgan fingerprint density at radius 2 is 1.72 bits per heavy atom. The number of carbonyl (C=O) groups excluding carboxylic acids is 4. The van der Waals surface area contributed by atoms with E-state index in [2.05, 4.69) is 21.3 Å². The topological polar surface area (TPSA) is 259 Å². The van der Waals surface area contributed by atoms with Gasteiger partial charge >= 0.3 is 6.09 Å². The molecule has 1 saturated carbocycles. The molecule has 1 aliphatic carbocycles. The molecule has 1 fully saturated rings. The van der Waals surface area contributed by atoms with Crippen molar-refractivity contribution in [2.75, 3.05) is 32.1 Å². The zero-order chi connectivity index (χ0) is 32.4. The molecule has 0 bridgehead atoms. The molecule has 1 atom stereocenters. The van der Waals surface area contributed by atoms with Crippen LogP contribution in [-0.4, -0.2) is 89.5 Å². The van der Waals surface area contributed by atoms with E-state index in [-0.39, 0.29) is 37.2 Å². The lowest BCUT2D eigenvalue weighted by Crippen LogP contribution is -2.50. The van der Waals surface area contributed by atoms with Crippen molar-refractivity contribution in [3.63, 3.8) is 0 Å². The van der Waals surface area contributed by atoms with E-state index in [1.54, 1.807) is 0 Å². The summed E-state index contributed by atoms with van der Waals surface area (Å²) in [7, 11) is 1.25. The molecule has 238 valence electrons. The second kappa shape index (κ2) is 19.2. The number of ether oxygens (including phenoxy) is 1. The van der Waals surface area contributed by atoms with Crippen LogP contribution < -0.4 is 27.0 Å². The van der Waals surface area contributed by atoms with Crippen LogP contribution >= 0.6 is 0 Å². The van der Waals surface area contributed by atoms with Crippen LogP contribution in [-0.2, 0) is 23.9 Å². The fourth-order valence-electron chi connectivity index (χ4n) is 4.18. The number of anilines is 1. The van der Waals surface area contributed by atoms with Crippen LogP contribution in [0, 0.1) is 15.5 Å². The van der Waals surface area contributed by atoms with Crippen molar-refractivity contribution < 1.29 is 38.7 Å². The molecule has 4 amide bonds. The minimum absolute atomic E-state index is 0.109. The highest BCUT2D eigenvalue weighted by atomic mass is 16.6. The van der Waals surface area contributed by atoms with Crippen LogP contribution in [0.25, 0.3) is 0 Å². The average Bonchev–Trinajstić information content (AvgIpc) is 2.96. The Kier molecular flexibility index (Phi) is 16.1. The van der Waals surface area contributed by atoms with E-state index >= 15 is 0 Å². The number of benzene rings is 1. The van der Waals surface area contributed by atoms with Crippen molar-refractivity contribution in [3.05, 3.63) is 34.4 Å². The van der Waals surface area contributed by atoms with Gasteiger partial charge in [0.1, 0.15) is 12.6 Å². The summed E-state index contributed by atoms with van der Waals surface area (Å²) in [5, 5.41) is 35.7. The van der Waals surface area contributed by atoms with E-state index in [0.29, 0.717) is 12.1 Å². The normalized spacial score (nSPS) is 13.2. The Balaban J connectivity index is 0.00000217. The van der Waals surface area contributed by atoms with Gasteiger partial charge in [0.05, 0.1) is 18.6 Å². The Bertz CT molecular complexity index is 1120. The van der Waals surface area contributed by atoms with E-state index in [1.807, 2.05) is 0 Å². The standard InChI is InChI=1S/C24H36N8O7.C2H4O2/c1-39-24(36)31(17-6-3-2-4-7-17)15-21(34)28-14-20(33)30-19(8-5-13-27-23(25)26)22(35)29-16-9-11-18(12-10-16)32(37)38;1-2(3)4/h9-12,17,19H,2-8,13-15H2,1H3,(H,28,34)(H,29,35)(H,30,33)(H4,25,26,27);1H3,(H,3,4)/t19-;/m0./s1. The summed E-state index contributed by atoms with van der Waals surface area (Å²) in [5.41, 5.74) is 5.42. The summed E-state index contributed by atoms with van der Waals surface area (Å²) in [4.78, 5) is 70.9. The Labute approximate surface area is 248 Å². The molecule has 0 aliphatic heterocycles. The van der Waals surface area contributed by atoms with Gasteiger partial charge in [-0.1, -0.05) is 19.3 Å². The highest BCUT2D eigenvalue weighted by Crippen LogP contribution is 2.23. The van der Waals surface area contributed by atoms with Gasteiger partial charge in [0.25, 0.3) is 11.7 Å². The molecule has 0 unspecified atom stereocenters. The third-order valence-electron chi connectivity index (χ3n) is 6.17. The molecule has 2 rings (SSSR count). The van der Waals surface area contributed by atoms with Crippen molar-refractivity contribution in [1.82, 2.24) is 20.9 Å². The van der Waals surface area contributed by atoms with Gasteiger partial charge in [0, 0.05) is 37.3 Å². The molecule has 17 nitrogen and oxygen atoms in total. The molecule has 17 heteroatoms. The first-order valence-corrected chi connectivity index (χ1v) is 13.6. The number of nitrogens with zero attached hydrogens (tertiary/aromatic N) is 2. The molecule has 0 saturated heterocycles. The second-order valence-electron chi connectivity index (χ2n) is 9.58. The summed E-state index contributed by atoms with van der Waals surface area (Å²) >= 11 is 0. The van der Waals surface area contributed by atoms with Crippen molar-refractivity contribution in [2.45, 2.75) is 64.0 Å². The van der Waals surface area contributed by atoms with Gasteiger partial charge in [-0.25, -0.2) is 4.79 Å². The minimum atomic E-state index is -1.01. The quantitative estimate of drug-likeness (QED) is 0.0543. The number of methoxy groups -OCH3 is 1. The lowest BCUT2D eigenvalue weighted by Gasteiger charge is -2.32. The lowest BCUT2D eigenvalue weighted by atomic mass is 9.94. The van der Waals surface area contributed by atoms with Gasteiger partial charge in [-0.3, -0.25) is 39.6 Å². The SMILES string of the molecule is CC(=O)O.COC(=O)N(CC(=O)NCC(=O)N[C@@H](CCCNC(=N)N)C(=O)Nc1ccc([N+](=O)[O-])cc1)C1CCCCC1. The van der Waals surface area contributed by atoms with Crippen LogP contribution in [0.2, 0.25) is 0 Å². The van der Waals surface area contributed by atoms with E-state index in [1.165, 1.54) is 36.3 Å². The number of nitrogens with two attached hydrogens (primary N) is 1. The lowest BCUT2D eigenvalue weighted by molar-refractivity contribution is -0.384. The number of non-ortho nitro benzene ring substituents is 1. The van der Waals surface area contributed by atoms with Gasteiger partial charge in [-0.05, 0) is 37.8 Å². The van der Waals surface area contributed by atoms with Crippen molar-refractivity contribution >= 4 is 47.1 Å². The van der Waals surface area contributed by atoms with Crippen LogP contribution in [0.1, 0.15) is 51.9 Å². The van der Waals surface area contributed by atoms with Crippen LogP contribution in [0.3, 0.4) is 0 Å². The Hall–Kier alpha value is -4.96. The number of carboxylic acid groups (broad SMARTS) is 1. The highest BCUT2D eigenvalue weighted by molar-refractivity contribution is 5.98. The number of guanidine groups is 1. The van der Waals surface area contributed by atoms with E-state index < -0.39 is 47.3 Å². The number of amides is 4. The number of carbonyl (C=O) groups is 5. The molecule has 1 aromatic rings. The van der Waals surface area contributed by atoms with Crippen LogP contribution in [0.5, 0.6) is 0 Å². The average molecular weight is 609 g/mol. The Morgan fingerprint density at radius 1 is 1.12 bits per heavy atom. The third kappa shape index (κ3) is 15.0. The largest absolute Gasteiger partial charge is 0.481 e. The fraction of sp³-hybridized carbons (Fsp3) is 0.538. The smallest absolute Gasteiger partial charge is 0.410 e. The van der Waals surface area contributed by atoms with E-state index in [4.69, 9.17) is 25.8 Å². The first kappa shape index (κ1) is 36.1. The molecule has 0 heterocycles. The van der Waals surface area contributed by atoms with Gasteiger partial charge in [-0.15, -0.1) is 0 Å². The fourth-order valence-corrected chi connectivity index (χ4v) is 4.18.